The first-order valence-electron chi connectivity index (χ1n) is 8.51. The lowest BCUT2D eigenvalue weighted by Gasteiger charge is -2.08. The highest BCUT2D eigenvalue weighted by molar-refractivity contribution is 7.17. The number of hydrogen-bond acceptors (Lipinski definition) is 5. The van der Waals surface area contributed by atoms with Gasteiger partial charge in [-0.05, 0) is 31.2 Å². The number of fused-ring (bicyclic) bond motifs is 1. The molecule has 0 aliphatic rings. The fraction of sp³-hybridized carbons (Fsp3) is 0.250. The molecule has 1 aromatic heterocycles. The SMILES string of the molecule is COCCn1c(=NC(=O)c2ccc(C(C)=O)cc2)sc2c(Cl)ccc(OC)c21. The number of halogens is 1. The van der Waals surface area contributed by atoms with E-state index in [0.717, 1.165) is 10.2 Å². The summed E-state index contributed by atoms with van der Waals surface area (Å²) in [6.45, 7) is 2.41. The van der Waals surface area contributed by atoms with Crippen molar-refractivity contribution in [3.63, 3.8) is 0 Å². The van der Waals surface area contributed by atoms with Crippen molar-refractivity contribution in [2.75, 3.05) is 20.8 Å². The summed E-state index contributed by atoms with van der Waals surface area (Å²) < 4.78 is 13.3. The van der Waals surface area contributed by atoms with Gasteiger partial charge in [-0.15, -0.1) is 0 Å². The predicted molar refractivity (Wildman–Crippen MR) is 110 cm³/mol. The van der Waals surface area contributed by atoms with Gasteiger partial charge in [0.25, 0.3) is 5.91 Å². The van der Waals surface area contributed by atoms with E-state index in [4.69, 9.17) is 21.1 Å². The molecule has 0 saturated heterocycles. The smallest absolute Gasteiger partial charge is 0.279 e. The van der Waals surface area contributed by atoms with Crippen LogP contribution in [-0.2, 0) is 11.3 Å². The molecule has 28 heavy (non-hydrogen) atoms. The highest BCUT2D eigenvalue weighted by Crippen LogP contribution is 2.33. The molecule has 0 radical (unpaired) electrons. The Balaban J connectivity index is 2.13. The minimum Gasteiger partial charge on any atom is -0.495 e. The van der Waals surface area contributed by atoms with Crippen LogP contribution in [0.3, 0.4) is 0 Å². The van der Waals surface area contributed by atoms with E-state index in [9.17, 15) is 9.59 Å². The van der Waals surface area contributed by atoms with E-state index in [0.29, 0.717) is 39.9 Å². The van der Waals surface area contributed by atoms with E-state index in [1.807, 2.05) is 4.57 Å². The Hall–Kier alpha value is -2.48. The minimum atomic E-state index is -0.400. The summed E-state index contributed by atoms with van der Waals surface area (Å²) in [5.74, 6) is 0.189. The zero-order valence-electron chi connectivity index (χ0n) is 15.7. The third-order valence-corrected chi connectivity index (χ3v) is 5.75. The molecular weight excluding hydrogens is 400 g/mol. The molecule has 0 atom stereocenters. The molecule has 0 aliphatic heterocycles. The number of benzene rings is 2. The van der Waals surface area contributed by atoms with Gasteiger partial charge in [0.2, 0.25) is 0 Å². The van der Waals surface area contributed by atoms with Crippen LogP contribution in [0, 0.1) is 0 Å². The van der Waals surface area contributed by atoms with Gasteiger partial charge in [-0.25, -0.2) is 0 Å². The Morgan fingerprint density at radius 1 is 1.11 bits per heavy atom. The molecular formula is C20H19ClN2O4S. The molecule has 0 bridgehead atoms. The number of rotatable bonds is 6. The van der Waals surface area contributed by atoms with Crippen molar-refractivity contribution < 1.29 is 19.1 Å². The summed E-state index contributed by atoms with van der Waals surface area (Å²) >= 11 is 7.67. The number of thiazole rings is 1. The van der Waals surface area contributed by atoms with Crippen LogP contribution < -0.4 is 9.54 Å². The third-order valence-electron chi connectivity index (χ3n) is 4.22. The van der Waals surface area contributed by atoms with Crippen molar-refractivity contribution in [1.82, 2.24) is 4.57 Å². The van der Waals surface area contributed by atoms with Crippen LogP contribution in [0.4, 0.5) is 0 Å². The van der Waals surface area contributed by atoms with Crippen molar-refractivity contribution in [1.29, 1.82) is 0 Å². The molecule has 3 aromatic rings. The third kappa shape index (κ3) is 4.01. The second-order valence-electron chi connectivity index (χ2n) is 6.01. The van der Waals surface area contributed by atoms with Crippen LogP contribution in [0.1, 0.15) is 27.6 Å². The second kappa shape index (κ2) is 8.68. The Bertz CT molecular complexity index is 1100. The van der Waals surface area contributed by atoms with E-state index in [2.05, 4.69) is 4.99 Å². The second-order valence-corrected chi connectivity index (χ2v) is 7.39. The van der Waals surface area contributed by atoms with Gasteiger partial charge < -0.3 is 14.0 Å². The summed E-state index contributed by atoms with van der Waals surface area (Å²) in [5.41, 5.74) is 1.72. The molecule has 6 nitrogen and oxygen atoms in total. The molecule has 2 aromatic carbocycles. The fourth-order valence-corrected chi connectivity index (χ4v) is 4.11. The summed E-state index contributed by atoms with van der Waals surface area (Å²) in [7, 11) is 3.19. The maximum Gasteiger partial charge on any atom is 0.279 e. The van der Waals surface area contributed by atoms with E-state index in [1.54, 1.807) is 50.6 Å². The Labute approximate surface area is 171 Å². The average Bonchev–Trinajstić information content (AvgIpc) is 3.05. The predicted octanol–water partition coefficient (Wildman–Crippen LogP) is 3.95. The highest BCUT2D eigenvalue weighted by Gasteiger charge is 2.15. The van der Waals surface area contributed by atoms with Crippen molar-refractivity contribution in [3.8, 4) is 5.75 Å². The van der Waals surface area contributed by atoms with Gasteiger partial charge in [-0.1, -0.05) is 35.1 Å². The van der Waals surface area contributed by atoms with Crippen molar-refractivity contribution >= 4 is 44.8 Å². The maximum absolute atomic E-state index is 12.7. The summed E-state index contributed by atoms with van der Waals surface area (Å²) in [5, 5.41) is 0.562. The van der Waals surface area contributed by atoms with Crippen molar-refractivity contribution in [3.05, 3.63) is 57.3 Å². The van der Waals surface area contributed by atoms with Crippen LogP contribution in [0.15, 0.2) is 41.4 Å². The van der Waals surface area contributed by atoms with Crippen molar-refractivity contribution in [2.45, 2.75) is 13.5 Å². The number of methoxy groups -OCH3 is 2. The molecule has 1 heterocycles. The molecule has 0 fully saturated rings. The molecule has 0 saturated carbocycles. The minimum absolute atomic E-state index is 0.0559. The van der Waals surface area contributed by atoms with Gasteiger partial charge in [0, 0.05) is 24.8 Å². The monoisotopic (exact) mass is 418 g/mol. The number of carbonyl (C=O) groups excluding carboxylic acids is 2. The lowest BCUT2D eigenvalue weighted by molar-refractivity contribution is 0.0991. The standard InChI is InChI=1S/C20H19ClN2O4S/c1-12(24)13-4-6-14(7-5-13)19(25)22-20-23(10-11-26-2)17-16(27-3)9-8-15(21)18(17)28-20/h4-9H,10-11H2,1-3H3. The lowest BCUT2D eigenvalue weighted by Crippen LogP contribution is -2.19. The van der Waals surface area contributed by atoms with Gasteiger partial charge in [-0.2, -0.15) is 4.99 Å². The molecule has 0 N–H and O–H groups in total. The van der Waals surface area contributed by atoms with Gasteiger partial charge in [0.15, 0.2) is 10.6 Å². The van der Waals surface area contributed by atoms with Gasteiger partial charge in [0.1, 0.15) is 11.3 Å². The quantitative estimate of drug-likeness (QED) is 0.568. The molecule has 8 heteroatoms. The average molecular weight is 419 g/mol. The first kappa shape index (κ1) is 20.3. The molecule has 0 aliphatic carbocycles. The Morgan fingerprint density at radius 2 is 1.79 bits per heavy atom. The lowest BCUT2D eigenvalue weighted by atomic mass is 10.1. The number of ether oxygens (including phenoxy) is 2. The molecule has 0 unspecified atom stereocenters. The number of aromatic nitrogens is 1. The van der Waals surface area contributed by atoms with Crippen LogP contribution in [0.2, 0.25) is 5.02 Å². The first-order valence-corrected chi connectivity index (χ1v) is 9.70. The Morgan fingerprint density at radius 3 is 2.39 bits per heavy atom. The fourth-order valence-electron chi connectivity index (χ4n) is 2.76. The maximum atomic E-state index is 12.7. The van der Waals surface area contributed by atoms with Crippen LogP contribution >= 0.6 is 22.9 Å². The number of carbonyl (C=O) groups is 2. The molecule has 146 valence electrons. The van der Waals surface area contributed by atoms with Crippen LogP contribution in [0.5, 0.6) is 5.75 Å². The summed E-state index contributed by atoms with van der Waals surface area (Å²) in [6, 6.07) is 9.98. The number of ketones is 1. The topological polar surface area (TPSA) is 69.9 Å². The summed E-state index contributed by atoms with van der Waals surface area (Å²) in [4.78, 5) is 28.9. The Kier molecular flexibility index (Phi) is 6.28. The van der Waals surface area contributed by atoms with E-state index < -0.39 is 5.91 Å². The highest BCUT2D eigenvalue weighted by atomic mass is 35.5. The van der Waals surface area contributed by atoms with Crippen molar-refractivity contribution in [2.24, 2.45) is 4.99 Å². The number of amides is 1. The summed E-state index contributed by atoms with van der Waals surface area (Å²) in [6.07, 6.45) is 0. The molecule has 1 amide bonds. The van der Waals surface area contributed by atoms with Gasteiger partial charge >= 0.3 is 0 Å². The number of Topliss-reactive ketones (excluding diaryl/α,β-unsaturated/α-hetero) is 1. The number of hydrogen-bond donors (Lipinski definition) is 0. The van der Waals surface area contributed by atoms with E-state index >= 15 is 0 Å². The first-order chi connectivity index (χ1) is 13.5. The molecule has 0 spiro atoms. The van der Waals surface area contributed by atoms with E-state index in [1.165, 1.54) is 18.3 Å². The van der Waals surface area contributed by atoms with Gasteiger partial charge in [0.05, 0.1) is 23.4 Å². The molecule has 3 rings (SSSR count). The van der Waals surface area contributed by atoms with Crippen LogP contribution in [0.25, 0.3) is 10.2 Å². The zero-order valence-corrected chi connectivity index (χ0v) is 17.3. The van der Waals surface area contributed by atoms with E-state index in [-0.39, 0.29) is 5.78 Å². The largest absolute Gasteiger partial charge is 0.495 e. The van der Waals surface area contributed by atoms with Crippen LogP contribution in [-0.4, -0.2) is 37.1 Å². The van der Waals surface area contributed by atoms with Gasteiger partial charge in [-0.3, -0.25) is 9.59 Å². The number of nitrogens with zero attached hydrogens (tertiary/aromatic N) is 2. The normalized spacial score (nSPS) is 11.8. The zero-order chi connectivity index (χ0) is 20.3.